The number of allylic oxidation sites excluding steroid dienone is 1. The molecule has 0 aliphatic rings. The third kappa shape index (κ3) is 3.62. The molecule has 5 nitrogen and oxygen atoms in total. The number of hydrogen-bond donors (Lipinski definition) is 0. The van der Waals surface area contributed by atoms with Gasteiger partial charge >= 0.3 is 0 Å². The summed E-state index contributed by atoms with van der Waals surface area (Å²) in [5, 5.41) is 13.1. The Morgan fingerprint density at radius 3 is 2.50 bits per heavy atom. The van der Waals surface area contributed by atoms with Crippen LogP contribution >= 0.6 is 0 Å². The summed E-state index contributed by atoms with van der Waals surface area (Å²) in [6.07, 6.45) is 3.14. The third-order valence-corrected chi connectivity index (χ3v) is 4.19. The molecular weight excluding hydrogens is 330 g/mol. The van der Waals surface area contributed by atoms with Crippen molar-refractivity contribution in [2.75, 3.05) is 7.11 Å². The van der Waals surface area contributed by atoms with Crippen LogP contribution in [0.2, 0.25) is 0 Å². The van der Waals surface area contributed by atoms with Crippen molar-refractivity contribution >= 4 is 28.3 Å². The van der Waals surface area contributed by atoms with Gasteiger partial charge in [-0.3, -0.25) is 14.9 Å². The average Bonchev–Trinajstić information content (AvgIpc) is 2.65. The Hall–Kier alpha value is -3.47. The number of methoxy groups -OCH3 is 1. The van der Waals surface area contributed by atoms with Crippen LogP contribution in [0.5, 0.6) is 5.75 Å². The van der Waals surface area contributed by atoms with Gasteiger partial charge in [0, 0.05) is 17.2 Å². The molecule has 0 bridgehead atoms. The number of nitrogens with zero attached hydrogens (tertiary/aromatic N) is 1. The van der Waals surface area contributed by atoms with E-state index in [-0.39, 0.29) is 11.5 Å². The van der Waals surface area contributed by atoms with Crippen molar-refractivity contribution in [2.24, 2.45) is 0 Å². The van der Waals surface area contributed by atoms with Gasteiger partial charge in [0.15, 0.2) is 5.78 Å². The Morgan fingerprint density at radius 1 is 1.04 bits per heavy atom. The molecule has 130 valence electrons. The summed E-state index contributed by atoms with van der Waals surface area (Å²) in [6.45, 7) is 1.65. The summed E-state index contributed by atoms with van der Waals surface area (Å²) < 4.78 is 5.21. The molecule has 3 rings (SSSR count). The molecule has 0 aliphatic heterocycles. The molecule has 3 aromatic rings. The van der Waals surface area contributed by atoms with Crippen molar-refractivity contribution in [2.45, 2.75) is 6.92 Å². The minimum Gasteiger partial charge on any atom is -0.497 e. The third-order valence-electron chi connectivity index (χ3n) is 4.19. The lowest BCUT2D eigenvalue weighted by atomic mass is 10.0. The van der Waals surface area contributed by atoms with Gasteiger partial charge in [0.25, 0.3) is 5.69 Å². The lowest BCUT2D eigenvalue weighted by molar-refractivity contribution is -0.385. The average molecular weight is 347 g/mol. The van der Waals surface area contributed by atoms with Gasteiger partial charge in [-0.15, -0.1) is 0 Å². The van der Waals surface area contributed by atoms with Crippen molar-refractivity contribution in [1.29, 1.82) is 0 Å². The van der Waals surface area contributed by atoms with E-state index in [2.05, 4.69) is 0 Å². The zero-order valence-corrected chi connectivity index (χ0v) is 14.4. The molecule has 5 heteroatoms. The number of rotatable bonds is 5. The standard InChI is InChI=1S/C21H17NO4/c1-14-3-6-18(13-20(14)22(24)25)21(23)10-5-15-4-7-17-12-19(26-2)9-8-16(17)11-15/h3-13H,1-2H3/b10-5+. The molecule has 0 spiro atoms. The number of aryl methyl sites for hydroxylation is 1. The lowest BCUT2D eigenvalue weighted by Crippen LogP contribution is -1.98. The van der Waals surface area contributed by atoms with Gasteiger partial charge in [0.2, 0.25) is 0 Å². The molecule has 0 saturated heterocycles. The van der Waals surface area contributed by atoms with Crippen LogP contribution in [-0.2, 0) is 0 Å². The number of benzene rings is 3. The van der Waals surface area contributed by atoms with Crippen LogP contribution in [0.1, 0.15) is 21.5 Å². The number of nitro benzene ring substituents is 1. The highest BCUT2D eigenvalue weighted by Crippen LogP contribution is 2.23. The molecule has 0 radical (unpaired) electrons. The normalized spacial score (nSPS) is 11.0. The van der Waals surface area contributed by atoms with E-state index in [9.17, 15) is 14.9 Å². The van der Waals surface area contributed by atoms with Crippen LogP contribution in [0.15, 0.2) is 60.7 Å². The van der Waals surface area contributed by atoms with Gasteiger partial charge in [0.05, 0.1) is 12.0 Å². The van der Waals surface area contributed by atoms with E-state index in [0.717, 1.165) is 22.1 Å². The van der Waals surface area contributed by atoms with Gasteiger partial charge in [-0.05, 0) is 47.5 Å². The van der Waals surface area contributed by atoms with Crippen LogP contribution in [0, 0.1) is 17.0 Å². The number of carbonyl (C=O) groups excluding carboxylic acids is 1. The summed E-state index contributed by atoms with van der Waals surface area (Å²) >= 11 is 0. The predicted octanol–water partition coefficient (Wildman–Crippen LogP) is 4.96. The Balaban J connectivity index is 1.85. The predicted molar refractivity (Wildman–Crippen MR) is 102 cm³/mol. The fourth-order valence-electron chi connectivity index (χ4n) is 2.70. The second kappa shape index (κ2) is 7.19. The maximum atomic E-state index is 12.3. The van der Waals surface area contributed by atoms with Crippen LogP contribution in [0.25, 0.3) is 16.8 Å². The van der Waals surface area contributed by atoms with E-state index in [1.54, 1.807) is 32.2 Å². The number of nitro groups is 1. The van der Waals surface area contributed by atoms with Crippen LogP contribution in [-0.4, -0.2) is 17.8 Å². The van der Waals surface area contributed by atoms with E-state index in [1.807, 2.05) is 36.4 Å². The highest BCUT2D eigenvalue weighted by molar-refractivity contribution is 6.07. The lowest BCUT2D eigenvalue weighted by Gasteiger charge is -2.03. The Labute approximate surface area is 150 Å². The van der Waals surface area contributed by atoms with Gasteiger partial charge in [0.1, 0.15) is 5.75 Å². The molecule has 26 heavy (non-hydrogen) atoms. The largest absolute Gasteiger partial charge is 0.497 e. The fourth-order valence-corrected chi connectivity index (χ4v) is 2.70. The van der Waals surface area contributed by atoms with Crippen molar-refractivity contribution in [3.8, 4) is 5.75 Å². The summed E-state index contributed by atoms with van der Waals surface area (Å²) in [4.78, 5) is 22.9. The second-order valence-electron chi connectivity index (χ2n) is 5.93. The number of ketones is 1. The van der Waals surface area contributed by atoms with Crippen LogP contribution < -0.4 is 4.74 Å². The number of carbonyl (C=O) groups is 1. The topological polar surface area (TPSA) is 69.4 Å². The highest BCUT2D eigenvalue weighted by atomic mass is 16.6. The fraction of sp³-hybridized carbons (Fsp3) is 0.0952. The van der Waals surface area contributed by atoms with Gasteiger partial charge in [-0.1, -0.05) is 36.4 Å². The molecule has 0 saturated carbocycles. The molecule has 0 atom stereocenters. The molecule has 0 heterocycles. The summed E-state index contributed by atoms with van der Waals surface area (Å²) in [5.41, 5.74) is 1.64. The van der Waals surface area contributed by atoms with E-state index in [4.69, 9.17) is 4.74 Å². The Morgan fingerprint density at radius 2 is 1.77 bits per heavy atom. The molecular formula is C21H17NO4. The van der Waals surface area contributed by atoms with Crippen molar-refractivity contribution in [3.05, 3.63) is 87.5 Å². The maximum Gasteiger partial charge on any atom is 0.273 e. The molecule has 0 N–H and O–H groups in total. The zero-order valence-electron chi connectivity index (χ0n) is 14.4. The molecule has 3 aromatic carbocycles. The first kappa shape index (κ1) is 17.4. The summed E-state index contributed by atoms with van der Waals surface area (Å²) in [5.74, 6) is 0.514. The molecule has 0 aromatic heterocycles. The van der Waals surface area contributed by atoms with Gasteiger partial charge in [-0.25, -0.2) is 0 Å². The van der Waals surface area contributed by atoms with Gasteiger partial charge < -0.3 is 4.74 Å². The second-order valence-corrected chi connectivity index (χ2v) is 5.93. The molecule has 0 fully saturated rings. The first-order valence-corrected chi connectivity index (χ1v) is 8.03. The Bertz CT molecular complexity index is 1040. The first-order chi connectivity index (χ1) is 12.5. The van der Waals surface area contributed by atoms with E-state index >= 15 is 0 Å². The minimum atomic E-state index is -0.479. The summed E-state index contributed by atoms with van der Waals surface area (Å²) in [7, 11) is 1.62. The van der Waals surface area contributed by atoms with Gasteiger partial charge in [-0.2, -0.15) is 0 Å². The maximum absolute atomic E-state index is 12.3. The summed E-state index contributed by atoms with van der Waals surface area (Å²) in [6, 6.07) is 16.1. The molecule has 0 amide bonds. The van der Waals surface area contributed by atoms with E-state index in [1.165, 1.54) is 12.1 Å². The monoisotopic (exact) mass is 347 g/mol. The SMILES string of the molecule is COc1ccc2cc(/C=C/C(=O)c3ccc(C)c([N+](=O)[O-])c3)ccc2c1. The highest BCUT2D eigenvalue weighted by Gasteiger charge is 2.13. The van der Waals surface area contributed by atoms with Crippen molar-refractivity contribution in [1.82, 2.24) is 0 Å². The zero-order chi connectivity index (χ0) is 18.7. The van der Waals surface area contributed by atoms with Crippen LogP contribution in [0.3, 0.4) is 0 Å². The smallest absolute Gasteiger partial charge is 0.273 e. The minimum absolute atomic E-state index is 0.0519. The number of hydrogen-bond acceptors (Lipinski definition) is 4. The van der Waals surface area contributed by atoms with Crippen molar-refractivity contribution < 1.29 is 14.5 Å². The van der Waals surface area contributed by atoms with E-state index < -0.39 is 4.92 Å². The first-order valence-electron chi connectivity index (χ1n) is 8.03. The van der Waals surface area contributed by atoms with E-state index in [0.29, 0.717) is 11.1 Å². The molecule has 0 aliphatic carbocycles. The van der Waals surface area contributed by atoms with Crippen molar-refractivity contribution in [3.63, 3.8) is 0 Å². The quantitative estimate of drug-likeness (QED) is 0.283. The molecule has 0 unspecified atom stereocenters. The number of fused-ring (bicyclic) bond motifs is 1. The van der Waals surface area contributed by atoms with Crippen LogP contribution in [0.4, 0.5) is 5.69 Å². The Kier molecular flexibility index (Phi) is 4.80. The number of ether oxygens (including phenoxy) is 1.